The molecule has 0 atom stereocenters. The molecule has 0 saturated heterocycles. The maximum atomic E-state index is 14.5. The fraction of sp³-hybridized carbons (Fsp3) is 0.217. The number of hydrogen-bond donors (Lipinski definition) is 0. The highest BCUT2D eigenvalue weighted by atomic mass is 19.1. The van der Waals surface area contributed by atoms with Crippen LogP contribution in [0.15, 0.2) is 42.7 Å². The van der Waals surface area contributed by atoms with Crippen molar-refractivity contribution in [3.05, 3.63) is 76.8 Å². The van der Waals surface area contributed by atoms with Crippen molar-refractivity contribution in [3.8, 4) is 22.9 Å². The van der Waals surface area contributed by atoms with Gasteiger partial charge in [0.15, 0.2) is 5.65 Å². The van der Waals surface area contributed by atoms with E-state index in [0.29, 0.717) is 35.5 Å². The molecule has 0 N–H and O–H groups in total. The zero-order valence-corrected chi connectivity index (χ0v) is 17.0. The van der Waals surface area contributed by atoms with E-state index in [0.717, 1.165) is 28.1 Å². The number of halogens is 1. The van der Waals surface area contributed by atoms with Crippen molar-refractivity contribution < 1.29 is 9.13 Å². The van der Waals surface area contributed by atoms with Gasteiger partial charge in [-0.05, 0) is 68.7 Å². The third kappa shape index (κ3) is 3.48. The van der Waals surface area contributed by atoms with Crippen LogP contribution in [-0.4, -0.2) is 26.7 Å². The van der Waals surface area contributed by atoms with Crippen molar-refractivity contribution in [3.63, 3.8) is 0 Å². The predicted molar refractivity (Wildman–Crippen MR) is 111 cm³/mol. The van der Waals surface area contributed by atoms with Crippen LogP contribution in [0.2, 0.25) is 0 Å². The van der Waals surface area contributed by atoms with Gasteiger partial charge in [-0.25, -0.2) is 9.37 Å². The zero-order chi connectivity index (χ0) is 21.3. The Bertz CT molecular complexity index is 1290. The predicted octanol–water partition coefficient (Wildman–Crippen LogP) is 4.21. The van der Waals surface area contributed by atoms with Gasteiger partial charge in [0.2, 0.25) is 0 Å². The Balaban J connectivity index is 1.70. The molecule has 0 spiro atoms. The number of hydrogen-bond acceptors (Lipinski definition) is 5. The quantitative estimate of drug-likeness (QED) is 0.501. The van der Waals surface area contributed by atoms with Crippen molar-refractivity contribution in [2.24, 2.45) is 0 Å². The molecule has 0 aliphatic heterocycles. The molecule has 0 aliphatic carbocycles. The number of nitrogens with zero attached hydrogens (tertiary/aromatic N) is 5. The van der Waals surface area contributed by atoms with Crippen LogP contribution in [0.25, 0.3) is 16.8 Å². The Labute approximate surface area is 173 Å². The van der Waals surface area contributed by atoms with E-state index < -0.39 is 0 Å². The summed E-state index contributed by atoms with van der Waals surface area (Å²) in [6.07, 6.45) is 2.73. The summed E-state index contributed by atoms with van der Waals surface area (Å²) >= 11 is 0. The molecule has 0 radical (unpaired) electrons. The Hall–Kier alpha value is -3.79. The number of fused-ring (bicyclic) bond motifs is 1. The van der Waals surface area contributed by atoms with Crippen LogP contribution in [0.3, 0.4) is 0 Å². The van der Waals surface area contributed by atoms with Crippen molar-refractivity contribution in [2.45, 2.75) is 26.7 Å². The van der Waals surface area contributed by atoms with Gasteiger partial charge in [-0.1, -0.05) is 0 Å². The van der Waals surface area contributed by atoms with Gasteiger partial charge in [0.25, 0.3) is 0 Å². The fourth-order valence-corrected chi connectivity index (χ4v) is 3.70. The molecule has 0 bridgehead atoms. The fourth-order valence-electron chi connectivity index (χ4n) is 3.70. The number of methoxy groups -OCH3 is 1. The molecular weight excluding hydrogens is 381 g/mol. The summed E-state index contributed by atoms with van der Waals surface area (Å²) in [6.45, 7) is 3.71. The van der Waals surface area contributed by atoms with Crippen LogP contribution in [0.4, 0.5) is 4.39 Å². The summed E-state index contributed by atoms with van der Waals surface area (Å²) in [7, 11) is 1.55. The third-order valence-corrected chi connectivity index (χ3v) is 5.18. The summed E-state index contributed by atoms with van der Waals surface area (Å²) in [6, 6.07) is 12.9. The Kier molecular flexibility index (Phi) is 5.15. The summed E-state index contributed by atoms with van der Waals surface area (Å²) < 4.78 is 21.8. The summed E-state index contributed by atoms with van der Waals surface area (Å²) in [4.78, 5) is 4.32. The van der Waals surface area contributed by atoms with Crippen LogP contribution < -0.4 is 4.74 Å². The van der Waals surface area contributed by atoms with E-state index in [1.54, 1.807) is 19.5 Å². The van der Waals surface area contributed by atoms with Gasteiger partial charge in [-0.3, -0.25) is 4.40 Å². The molecule has 0 saturated carbocycles. The highest BCUT2D eigenvalue weighted by Gasteiger charge is 2.15. The smallest absolute Gasteiger partial charge is 0.168 e. The Morgan fingerprint density at radius 2 is 1.90 bits per heavy atom. The topological polar surface area (TPSA) is 76.1 Å². The average molecular weight is 401 g/mol. The molecule has 30 heavy (non-hydrogen) atoms. The molecular formula is C23H20FN5O. The monoisotopic (exact) mass is 401 g/mol. The van der Waals surface area contributed by atoms with E-state index >= 15 is 0 Å². The molecule has 0 aliphatic rings. The lowest BCUT2D eigenvalue weighted by Gasteiger charge is -2.13. The van der Waals surface area contributed by atoms with E-state index in [2.05, 4.69) is 21.3 Å². The van der Waals surface area contributed by atoms with Gasteiger partial charge in [0.05, 0.1) is 7.11 Å². The van der Waals surface area contributed by atoms with Crippen LogP contribution >= 0.6 is 0 Å². The summed E-state index contributed by atoms with van der Waals surface area (Å²) in [5.41, 5.74) is 5.93. The SMILES string of the molecule is COc1cc(C)cc(F)c1CCc1ccc(-c2ccc(C#N)nc2C)c2nncn12. The number of nitriles is 1. The lowest BCUT2D eigenvalue weighted by molar-refractivity contribution is 0.404. The van der Waals surface area contributed by atoms with E-state index in [1.807, 2.05) is 42.5 Å². The van der Waals surface area contributed by atoms with Crippen molar-refractivity contribution >= 4 is 5.65 Å². The number of rotatable bonds is 5. The first-order valence-corrected chi connectivity index (χ1v) is 9.54. The van der Waals surface area contributed by atoms with Crippen LogP contribution in [0.5, 0.6) is 5.75 Å². The van der Waals surface area contributed by atoms with Crippen LogP contribution in [0.1, 0.15) is 28.2 Å². The van der Waals surface area contributed by atoms with Crippen molar-refractivity contribution in [1.82, 2.24) is 19.6 Å². The standard InChI is InChI=1S/C23H20FN5O/c1-14-10-21(24)20(22(11-14)30-3)9-6-17-5-8-19(23-28-26-13-29(17)23)18-7-4-16(12-25)27-15(18)2/h4-5,7-8,10-11,13H,6,9H2,1-3H3. The largest absolute Gasteiger partial charge is 0.496 e. The molecule has 6 nitrogen and oxygen atoms in total. The summed E-state index contributed by atoms with van der Waals surface area (Å²) in [5, 5.41) is 17.4. The number of benzene rings is 1. The van der Waals surface area contributed by atoms with Crippen molar-refractivity contribution in [1.29, 1.82) is 5.26 Å². The average Bonchev–Trinajstić information content (AvgIpc) is 3.23. The maximum absolute atomic E-state index is 14.5. The number of aryl methyl sites for hydroxylation is 3. The molecule has 0 amide bonds. The minimum atomic E-state index is -0.261. The van der Waals surface area contributed by atoms with E-state index in [1.165, 1.54) is 6.07 Å². The molecule has 4 rings (SSSR count). The molecule has 0 unspecified atom stereocenters. The second kappa shape index (κ2) is 7.91. The highest BCUT2D eigenvalue weighted by molar-refractivity contribution is 5.79. The number of aromatic nitrogens is 4. The number of pyridine rings is 2. The molecule has 7 heteroatoms. The first-order chi connectivity index (χ1) is 14.5. The summed E-state index contributed by atoms with van der Waals surface area (Å²) in [5.74, 6) is 0.297. The Morgan fingerprint density at radius 1 is 1.10 bits per heavy atom. The van der Waals surface area contributed by atoms with E-state index in [9.17, 15) is 4.39 Å². The molecule has 3 aromatic heterocycles. The molecule has 1 aromatic carbocycles. The normalized spacial score (nSPS) is 10.9. The number of ether oxygens (including phenoxy) is 1. The van der Waals surface area contributed by atoms with Gasteiger partial charge < -0.3 is 4.74 Å². The molecule has 4 aromatic rings. The van der Waals surface area contributed by atoms with Gasteiger partial charge in [-0.15, -0.1) is 10.2 Å². The molecule has 0 fully saturated rings. The zero-order valence-electron chi connectivity index (χ0n) is 17.0. The Morgan fingerprint density at radius 3 is 2.63 bits per heavy atom. The van der Waals surface area contributed by atoms with E-state index in [4.69, 9.17) is 10.00 Å². The van der Waals surface area contributed by atoms with Gasteiger partial charge >= 0.3 is 0 Å². The molecule has 150 valence electrons. The first-order valence-electron chi connectivity index (χ1n) is 9.54. The lowest BCUT2D eigenvalue weighted by Crippen LogP contribution is -2.04. The van der Waals surface area contributed by atoms with Crippen LogP contribution in [-0.2, 0) is 12.8 Å². The van der Waals surface area contributed by atoms with E-state index in [-0.39, 0.29) is 5.82 Å². The first kappa shape index (κ1) is 19.5. The second-order valence-corrected chi connectivity index (χ2v) is 7.13. The van der Waals surface area contributed by atoms with Crippen LogP contribution in [0, 0.1) is 31.0 Å². The lowest BCUT2D eigenvalue weighted by atomic mass is 10.0. The van der Waals surface area contributed by atoms with Gasteiger partial charge in [0.1, 0.15) is 29.7 Å². The van der Waals surface area contributed by atoms with Gasteiger partial charge in [0, 0.05) is 28.1 Å². The highest BCUT2D eigenvalue weighted by Crippen LogP contribution is 2.29. The van der Waals surface area contributed by atoms with Gasteiger partial charge in [-0.2, -0.15) is 5.26 Å². The minimum absolute atomic E-state index is 0.261. The minimum Gasteiger partial charge on any atom is -0.496 e. The maximum Gasteiger partial charge on any atom is 0.168 e. The molecule has 3 heterocycles. The second-order valence-electron chi connectivity index (χ2n) is 7.13. The van der Waals surface area contributed by atoms with Crippen molar-refractivity contribution in [2.75, 3.05) is 7.11 Å². The third-order valence-electron chi connectivity index (χ3n) is 5.18.